The Labute approximate surface area is 105 Å². The fraction of sp³-hybridized carbons (Fsp3) is 0.417. The number of carboxylic acids is 1. The lowest BCUT2D eigenvalue weighted by Gasteiger charge is -2.28. The van der Waals surface area contributed by atoms with E-state index in [0.717, 1.165) is 0 Å². The van der Waals surface area contributed by atoms with Crippen LogP contribution in [0.5, 0.6) is 0 Å². The lowest BCUT2D eigenvalue weighted by atomic mass is 9.76. The molecule has 0 fully saturated rings. The van der Waals surface area contributed by atoms with Gasteiger partial charge < -0.3 is 10.8 Å². The van der Waals surface area contributed by atoms with Gasteiger partial charge in [0.25, 0.3) is 5.69 Å². The molecule has 3 N–H and O–H groups in total. The molecule has 0 bridgehead atoms. The van der Waals surface area contributed by atoms with Gasteiger partial charge in [0, 0.05) is 17.8 Å². The van der Waals surface area contributed by atoms with Crippen LogP contribution < -0.4 is 5.73 Å². The van der Waals surface area contributed by atoms with Crippen LogP contribution in [0.25, 0.3) is 0 Å². The smallest absolute Gasteiger partial charge is 0.311 e. The number of nitrogens with two attached hydrogens (primary N) is 1. The molecule has 0 saturated heterocycles. The Balaban J connectivity index is 3.41. The predicted octanol–water partition coefficient (Wildman–Crippen LogP) is 2.39. The van der Waals surface area contributed by atoms with E-state index in [0.29, 0.717) is 0 Å². The van der Waals surface area contributed by atoms with Crippen molar-refractivity contribution >= 4 is 17.3 Å². The first-order valence-electron chi connectivity index (χ1n) is 5.41. The highest BCUT2D eigenvalue weighted by molar-refractivity contribution is 5.80. The fourth-order valence-corrected chi connectivity index (χ4v) is 1.90. The van der Waals surface area contributed by atoms with Crippen molar-refractivity contribution in [3.8, 4) is 0 Å². The van der Waals surface area contributed by atoms with E-state index >= 15 is 0 Å². The average Bonchev–Trinajstić information content (AvgIpc) is 2.18. The predicted molar refractivity (Wildman–Crippen MR) is 67.3 cm³/mol. The molecule has 6 heteroatoms. The van der Waals surface area contributed by atoms with Crippen molar-refractivity contribution in [1.82, 2.24) is 0 Å². The Hall–Kier alpha value is -2.11. The summed E-state index contributed by atoms with van der Waals surface area (Å²) in [7, 11) is 0. The van der Waals surface area contributed by atoms with E-state index in [1.165, 1.54) is 18.2 Å². The molecule has 0 heterocycles. The number of hydrogen-bond acceptors (Lipinski definition) is 4. The number of nitrogen functional groups attached to an aromatic ring is 1. The molecule has 0 aromatic heterocycles. The number of rotatable bonds is 3. The third-order valence-electron chi connectivity index (χ3n) is 2.71. The van der Waals surface area contributed by atoms with Crippen LogP contribution in [0.4, 0.5) is 11.4 Å². The summed E-state index contributed by atoms with van der Waals surface area (Å²) in [6.07, 6.45) is 0. The lowest BCUT2D eigenvalue weighted by molar-refractivity contribution is -0.384. The Bertz CT molecular complexity index is 491. The van der Waals surface area contributed by atoms with Gasteiger partial charge in [0.2, 0.25) is 0 Å². The molecule has 0 radical (unpaired) electrons. The Kier molecular flexibility index (Phi) is 3.59. The highest BCUT2D eigenvalue weighted by Crippen LogP contribution is 2.39. The van der Waals surface area contributed by atoms with Crippen molar-refractivity contribution in [2.24, 2.45) is 5.41 Å². The monoisotopic (exact) mass is 252 g/mol. The first kappa shape index (κ1) is 14.0. The molecule has 0 amide bonds. The van der Waals surface area contributed by atoms with Gasteiger partial charge in [0.15, 0.2) is 0 Å². The number of anilines is 1. The minimum absolute atomic E-state index is 0.158. The summed E-state index contributed by atoms with van der Waals surface area (Å²) < 4.78 is 0. The lowest BCUT2D eigenvalue weighted by Crippen LogP contribution is -2.27. The van der Waals surface area contributed by atoms with Gasteiger partial charge in [0.1, 0.15) is 0 Å². The molecule has 1 unspecified atom stereocenters. The van der Waals surface area contributed by atoms with Crippen molar-refractivity contribution in [1.29, 1.82) is 0 Å². The van der Waals surface area contributed by atoms with Crippen molar-refractivity contribution in [3.05, 3.63) is 33.9 Å². The normalized spacial score (nSPS) is 13.1. The first-order valence-corrected chi connectivity index (χ1v) is 5.41. The molecule has 0 aliphatic carbocycles. The van der Waals surface area contributed by atoms with Gasteiger partial charge in [-0.05, 0) is 17.0 Å². The molecular formula is C12H16N2O4. The Morgan fingerprint density at radius 3 is 2.39 bits per heavy atom. The summed E-state index contributed by atoms with van der Waals surface area (Å²) in [5.41, 5.74) is 5.53. The summed E-state index contributed by atoms with van der Waals surface area (Å²) in [5.74, 6) is -1.94. The van der Waals surface area contributed by atoms with E-state index in [1.54, 1.807) is 20.8 Å². The highest BCUT2D eigenvalue weighted by Gasteiger charge is 2.35. The third kappa shape index (κ3) is 2.77. The number of nitrogens with zero attached hydrogens (tertiary/aromatic N) is 1. The van der Waals surface area contributed by atoms with E-state index in [1.807, 2.05) is 0 Å². The molecule has 98 valence electrons. The number of benzene rings is 1. The molecule has 0 aliphatic heterocycles. The van der Waals surface area contributed by atoms with Crippen LogP contribution in [0.15, 0.2) is 18.2 Å². The highest BCUT2D eigenvalue weighted by atomic mass is 16.6. The minimum Gasteiger partial charge on any atom is -0.481 e. The van der Waals surface area contributed by atoms with Crippen LogP contribution >= 0.6 is 0 Å². The number of hydrogen-bond donors (Lipinski definition) is 2. The van der Waals surface area contributed by atoms with Crippen molar-refractivity contribution in [3.63, 3.8) is 0 Å². The second-order valence-corrected chi connectivity index (χ2v) is 5.21. The summed E-state index contributed by atoms with van der Waals surface area (Å²) >= 11 is 0. The maximum Gasteiger partial charge on any atom is 0.311 e. The number of carbonyl (C=O) groups is 1. The molecule has 1 aromatic carbocycles. The van der Waals surface area contributed by atoms with Gasteiger partial charge in [0.05, 0.1) is 10.8 Å². The molecule has 0 spiro atoms. The van der Waals surface area contributed by atoms with E-state index < -0.39 is 22.2 Å². The first-order chi connectivity index (χ1) is 8.14. The molecular weight excluding hydrogens is 236 g/mol. The van der Waals surface area contributed by atoms with Gasteiger partial charge in [-0.15, -0.1) is 0 Å². The van der Waals surface area contributed by atoms with Crippen molar-refractivity contribution < 1.29 is 14.8 Å². The second-order valence-electron chi connectivity index (χ2n) is 5.21. The number of carboxylic acid groups (broad SMARTS) is 1. The molecule has 1 atom stereocenters. The van der Waals surface area contributed by atoms with Gasteiger partial charge in [-0.3, -0.25) is 14.9 Å². The summed E-state index contributed by atoms with van der Waals surface area (Å²) in [6.45, 7) is 5.26. The maximum atomic E-state index is 11.4. The molecule has 0 aliphatic rings. The fourth-order valence-electron chi connectivity index (χ4n) is 1.90. The van der Waals surface area contributed by atoms with E-state index in [2.05, 4.69) is 0 Å². The van der Waals surface area contributed by atoms with Gasteiger partial charge >= 0.3 is 5.97 Å². The Morgan fingerprint density at radius 2 is 2.00 bits per heavy atom. The molecule has 0 saturated carbocycles. The standard InChI is InChI=1S/C12H16N2O4/c1-12(2,3)10(11(15)16)8-6-7(14(17)18)4-5-9(8)13/h4-6,10H,13H2,1-3H3,(H,15,16). The summed E-state index contributed by atoms with van der Waals surface area (Å²) in [4.78, 5) is 21.5. The van der Waals surface area contributed by atoms with Crippen LogP contribution in [-0.2, 0) is 4.79 Å². The molecule has 18 heavy (non-hydrogen) atoms. The second kappa shape index (κ2) is 4.64. The van der Waals surface area contributed by atoms with E-state index in [4.69, 9.17) is 5.73 Å². The van der Waals surface area contributed by atoms with Crippen LogP contribution in [0.2, 0.25) is 0 Å². The minimum atomic E-state index is -1.05. The zero-order chi connectivity index (χ0) is 14.1. The number of aliphatic carboxylic acids is 1. The zero-order valence-electron chi connectivity index (χ0n) is 10.5. The van der Waals surface area contributed by atoms with E-state index in [-0.39, 0.29) is 16.9 Å². The van der Waals surface area contributed by atoms with Crippen LogP contribution in [0.1, 0.15) is 32.3 Å². The van der Waals surface area contributed by atoms with E-state index in [9.17, 15) is 20.0 Å². The van der Waals surface area contributed by atoms with Crippen LogP contribution in [0, 0.1) is 15.5 Å². The van der Waals surface area contributed by atoms with Crippen LogP contribution in [0.3, 0.4) is 0 Å². The van der Waals surface area contributed by atoms with Crippen molar-refractivity contribution in [2.45, 2.75) is 26.7 Å². The number of nitro groups is 1. The van der Waals surface area contributed by atoms with Gasteiger partial charge in [-0.25, -0.2) is 0 Å². The molecule has 1 aromatic rings. The number of non-ortho nitro benzene ring substituents is 1. The Morgan fingerprint density at radius 1 is 1.44 bits per heavy atom. The van der Waals surface area contributed by atoms with Gasteiger partial charge in [-0.1, -0.05) is 20.8 Å². The largest absolute Gasteiger partial charge is 0.481 e. The topological polar surface area (TPSA) is 106 Å². The van der Waals surface area contributed by atoms with Crippen molar-refractivity contribution in [2.75, 3.05) is 5.73 Å². The average molecular weight is 252 g/mol. The summed E-state index contributed by atoms with van der Waals surface area (Å²) in [6, 6.07) is 3.87. The SMILES string of the molecule is CC(C)(C)C(C(=O)O)c1cc([N+](=O)[O-])ccc1N. The molecule has 6 nitrogen and oxygen atoms in total. The van der Waals surface area contributed by atoms with Crippen LogP contribution in [-0.4, -0.2) is 16.0 Å². The van der Waals surface area contributed by atoms with Gasteiger partial charge in [-0.2, -0.15) is 0 Å². The quantitative estimate of drug-likeness (QED) is 0.488. The molecule has 1 rings (SSSR count). The zero-order valence-corrected chi connectivity index (χ0v) is 10.5. The number of nitro benzene ring substituents is 1. The maximum absolute atomic E-state index is 11.4. The third-order valence-corrected chi connectivity index (χ3v) is 2.71. The summed E-state index contributed by atoms with van der Waals surface area (Å²) in [5, 5.41) is 20.0.